The summed E-state index contributed by atoms with van der Waals surface area (Å²) in [6.07, 6.45) is 1.82. The third kappa shape index (κ3) is 1.16. The van der Waals surface area contributed by atoms with Crippen molar-refractivity contribution >= 4 is 5.82 Å². The molecule has 0 unspecified atom stereocenters. The van der Waals surface area contributed by atoms with Crippen LogP contribution in [-0.2, 0) is 0 Å². The van der Waals surface area contributed by atoms with Gasteiger partial charge in [-0.05, 0) is 6.07 Å². The molecule has 1 aliphatic heterocycles. The van der Waals surface area contributed by atoms with Crippen LogP contribution >= 0.6 is 0 Å². The lowest BCUT2D eigenvalue weighted by Crippen LogP contribution is -2.40. The minimum atomic E-state index is 0.654. The predicted octanol–water partition coefficient (Wildman–Crippen LogP) is 0.810. The Bertz CT molecular complexity index is 268. The Labute approximate surface area is 72.2 Å². The van der Waals surface area contributed by atoms with Gasteiger partial charge in [0.05, 0.1) is 0 Å². The summed E-state index contributed by atoms with van der Waals surface area (Å²) in [5.41, 5.74) is 1.33. The van der Waals surface area contributed by atoms with E-state index in [4.69, 9.17) is 0 Å². The Balaban J connectivity index is 2.27. The van der Waals surface area contributed by atoms with Gasteiger partial charge in [0.15, 0.2) is 0 Å². The highest BCUT2D eigenvalue weighted by molar-refractivity contribution is 5.46. The highest BCUT2D eigenvalue weighted by Crippen LogP contribution is 2.24. The molecule has 2 rings (SSSR count). The molecule has 1 saturated heterocycles. The molecule has 2 heterocycles. The van der Waals surface area contributed by atoms with E-state index in [-0.39, 0.29) is 0 Å². The third-order valence-corrected chi connectivity index (χ3v) is 2.30. The zero-order valence-electron chi connectivity index (χ0n) is 7.17. The van der Waals surface area contributed by atoms with Crippen molar-refractivity contribution in [3.8, 4) is 0 Å². The summed E-state index contributed by atoms with van der Waals surface area (Å²) in [6.45, 7) is 2.17. The van der Waals surface area contributed by atoms with Crippen molar-refractivity contribution in [3.05, 3.63) is 23.9 Å². The highest BCUT2D eigenvalue weighted by Gasteiger charge is 2.21. The topological polar surface area (TPSA) is 37.0 Å². The Morgan fingerprint density at radius 1 is 1.58 bits per heavy atom. The van der Waals surface area contributed by atoms with Gasteiger partial charge in [-0.2, -0.15) is 0 Å². The Morgan fingerprint density at radius 3 is 3.00 bits per heavy atom. The number of hydrogen-bond acceptors (Lipinski definition) is 3. The van der Waals surface area contributed by atoms with Gasteiger partial charge in [0, 0.05) is 37.8 Å². The van der Waals surface area contributed by atoms with E-state index in [1.54, 1.807) is 0 Å². The van der Waals surface area contributed by atoms with E-state index in [0.29, 0.717) is 5.92 Å². The van der Waals surface area contributed by atoms with Crippen LogP contribution in [0.4, 0.5) is 5.82 Å². The first kappa shape index (κ1) is 7.55. The summed E-state index contributed by atoms with van der Waals surface area (Å²) in [6, 6.07) is 4.14. The Kier molecular flexibility index (Phi) is 1.96. The van der Waals surface area contributed by atoms with Crippen molar-refractivity contribution < 1.29 is 0 Å². The summed E-state index contributed by atoms with van der Waals surface area (Å²) >= 11 is 0. The van der Waals surface area contributed by atoms with Crippen LogP contribution in [0.3, 0.4) is 0 Å². The number of aromatic nitrogens is 1. The fourth-order valence-electron chi connectivity index (χ4n) is 1.46. The molecule has 1 fully saturated rings. The fraction of sp³-hybridized carbons (Fsp3) is 0.444. The maximum Gasteiger partial charge on any atom is 0.129 e. The van der Waals surface area contributed by atoms with Gasteiger partial charge in [-0.15, -0.1) is 0 Å². The van der Waals surface area contributed by atoms with Crippen LogP contribution < -0.4 is 10.6 Å². The zero-order valence-corrected chi connectivity index (χ0v) is 7.17. The first-order valence-corrected chi connectivity index (χ1v) is 4.25. The predicted molar refractivity (Wildman–Crippen MR) is 49.4 cm³/mol. The maximum atomic E-state index is 4.26. The van der Waals surface area contributed by atoms with Crippen LogP contribution in [0.5, 0.6) is 0 Å². The summed E-state index contributed by atoms with van der Waals surface area (Å²) in [7, 11) is 1.91. The molecule has 0 saturated carbocycles. The number of rotatable bonds is 2. The number of nitrogens with one attached hydrogen (secondary N) is 2. The van der Waals surface area contributed by atoms with Gasteiger partial charge in [-0.1, -0.05) is 6.07 Å². The van der Waals surface area contributed by atoms with Crippen LogP contribution in [0.2, 0.25) is 0 Å². The molecule has 1 aromatic rings. The van der Waals surface area contributed by atoms with E-state index in [1.165, 1.54) is 5.56 Å². The van der Waals surface area contributed by atoms with Crippen LogP contribution in [0.1, 0.15) is 11.5 Å². The third-order valence-electron chi connectivity index (χ3n) is 2.30. The van der Waals surface area contributed by atoms with Crippen molar-refractivity contribution in [2.45, 2.75) is 5.92 Å². The van der Waals surface area contributed by atoms with Crippen LogP contribution in [0.15, 0.2) is 18.3 Å². The van der Waals surface area contributed by atoms with E-state index in [0.717, 1.165) is 18.9 Å². The number of pyridine rings is 1. The summed E-state index contributed by atoms with van der Waals surface area (Å²) in [5.74, 6) is 1.67. The van der Waals surface area contributed by atoms with Gasteiger partial charge >= 0.3 is 0 Å². The largest absolute Gasteiger partial charge is 0.373 e. The number of anilines is 1. The van der Waals surface area contributed by atoms with Gasteiger partial charge in [-0.3, -0.25) is 0 Å². The molecule has 1 aromatic heterocycles. The Morgan fingerprint density at radius 2 is 2.42 bits per heavy atom. The summed E-state index contributed by atoms with van der Waals surface area (Å²) < 4.78 is 0. The van der Waals surface area contributed by atoms with Gasteiger partial charge in [0.2, 0.25) is 0 Å². The van der Waals surface area contributed by atoms with Crippen LogP contribution in [0.25, 0.3) is 0 Å². The molecule has 12 heavy (non-hydrogen) atoms. The smallest absolute Gasteiger partial charge is 0.129 e. The van der Waals surface area contributed by atoms with Gasteiger partial charge in [0.25, 0.3) is 0 Å². The van der Waals surface area contributed by atoms with E-state index >= 15 is 0 Å². The minimum Gasteiger partial charge on any atom is -0.373 e. The van der Waals surface area contributed by atoms with Crippen molar-refractivity contribution in [3.63, 3.8) is 0 Å². The quantitative estimate of drug-likeness (QED) is 0.677. The van der Waals surface area contributed by atoms with E-state index in [9.17, 15) is 0 Å². The lowest BCUT2D eigenvalue weighted by atomic mass is 9.94. The monoisotopic (exact) mass is 163 g/mol. The van der Waals surface area contributed by atoms with E-state index < -0.39 is 0 Å². The van der Waals surface area contributed by atoms with Gasteiger partial charge < -0.3 is 10.6 Å². The molecule has 3 heteroatoms. The lowest BCUT2D eigenvalue weighted by Gasteiger charge is -2.28. The molecule has 0 amide bonds. The molecule has 3 nitrogen and oxygen atoms in total. The minimum absolute atomic E-state index is 0.654. The number of hydrogen-bond donors (Lipinski definition) is 2. The highest BCUT2D eigenvalue weighted by atomic mass is 15.0. The fourth-order valence-corrected chi connectivity index (χ4v) is 1.46. The second kappa shape index (κ2) is 3.11. The molecule has 0 spiro atoms. The van der Waals surface area contributed by atoms with E-state index in [1.807, 2.05) is 19.3 Å². The standard InChI is InChI=1S/C9H13N3/c1-10-9-8(3-2-4-12-9)7-5-11-6-7/h2-4,7,11H,5-6H2,1H3,(H,10,12). The van der Waals surface area contributed by atoms with Gasteiger partial charge in [-0.25, -0.2) is 4.98 Å². The van der Waals surface area contributed by atoms with Crippen LogP contribution in [-0.4, -0.2) is 25.1 Å². The average molecular weight is 163 g/mol. The maximum absolute atomic E-state index is 4.26. The number of nitrogens with zero attached hydrogens (tertiary/aromatic N) is 1. The molecular weight excluding hydrogens is 150 g/mol. The molecule has 2 N–H and O–H groups in total. The molecular formula is C9H13N3. The Hall–Kier alpha value is -1.09. The average Bonchev–Trinajstić information content (AvgIpc) is 2.02. The SMILES string of the molecule is CNc1ncccc1C1CNC1. The molecule has 0 atom stereocenters. The molecule has 64 valence electrons. The van der Waals surface area contributed by atoms with Crippen molar-refractivity contribution in [1.29, 1.82) is 0 Å². The molecule has 1 aliphatic rings. The summed E-state index contributed by atoms with van der Waals surface area (Å²) in [5, 5.41) is 6.36. The van der Waals surface area contributed by atoms with Crippen molar-refractivity contribution in [2.24, 2.45) is 0 Å². The second-order valence-electron chi connectivity index (χ2n) is 3.05. The van der Waals surface area contributed by atoms with Crippen LogP contribution in [0, 0.1) is 0 Å². The summed E-state index contributed by atoms with van der Waals surface area (Å²) in [4.78, 5) is 4.26. The van der Waals surface area contributed by atoms with Crippen molar-refractivity contribution in [2.75, 3.05) is 25.5 Å². The van der Waals surface area contributed by atoms with Crippen molar-refractivity contribution in [1.82, 2.24) is 10.3 Å². The molecule has 0 aromatic carbocycles. The van der Waals surface area contributed by atoms with Gasteiger partial charge in [0.1, 0.15) is 5.82 Å². The molecule has 0 aliphatic carbocycles. The lowest BCUT2D eigenvalue weighted by molar-refractivity contribution is 0.448. The molecule has 0 bridgehead atoms. The molecule has 0 radical (unpaired) electrons. The van der Waals surface area contributed by atoms with E-state index in [2.05, 4.69) is 21.7 Å². The first-order chi connectivity index (χ1) is 5.92. The first-order valence-electron chi connectivity index (χ1n) is 4.25. The normalized spacial score (nSPS) is 17.1. The zero-order chi connectivity index (χ0) is 8.39. The second-order valence-corrected chi connectivity index (χ2v) is 3.05.